The molecule has 2 heterocycles. The van der Waals surface area contributed by atoms with Crippen LogP contribution >= 0.6 is 0 Å². The Balaban J connectivity index is 2.34. The molecule has 0 bridgehead atoms. The third-order valence-electron chi connectivity index (χ3n) is 3.89. The molecule has 118 valence electrons. The first-order valence-corrected chi connectivity index (χ1v) is 7.11. The zero-order valence-electron chi connectivity index (χ0n) is 12.6. The topological polar surface area (TPSA) is 42.2 Å². The number of nitrogens with zero attached hydrogens (tertiary/aromatic N) is 2. The van der Waals surface area contributed by atoms with Crippen LogP contribution in [0.3, 0.4) is 0 Å². The minimum Gasteiger partial charge on any atom is -0.369 e. The number of aromatic nitrogens is 1. The minimum atomic E-state index is -4.20. The fourth-order valence-electron chi connectivity index (χ4n) is 2.81. The molecule has 2 rings (SSSR count). The highest BCUT2D eigenvalue weighted by molar-refractivity contribution is 5.55. The molecule has 0 amide bonds. The number of alkyl halides is 3. The average Bonchev–Trinajstić information content (AvgIpc) is 2.36. The monoisotopic (exact) mass is 301 g/mol. The standard InChI is InChI=1S/C15H22F3N3/c1-14(2,3)12-7-20-5-4-13(12)21-8-10(15(16,17)18)6-11(19)9-21/h4-5,7,10-11H,6,8-9,19H2,1-3H3/t10-,11+/m1/s1. The molecule has 1 aliphatic rings. The molecule has 0 unspecified atom stereocenters. The molecule has 1 fully saturated rings. The zero-order chi connectivity index (χ0) is 15.8. The first kappa shape index (κ1) is 16.1. The summed E-state index contributed by atoms with van der Waals surface area (Å²) in [5.74, 6) is -1.37. The van der Waals surface area contributed by atoms with Gasteiger partial charge in [0.05, 0.1) is 5.92 Å². The highest BCUT2D eigenvalue weighted by Crippen LogP contribution is 2.37. The Morgan fingerprint density at radius 2 is 1.90 bits per heavy atom. The van der Waals surface area contributed by atoms with Crippen LogP contribution in [-0.4, -0.2) is 30.3 Å². The number of pyridine rings is 1. The molecule has 21 heavy (non-hydrogen) atoms. The van der Waals surface area contributed by atoms with Gasteiger partial charge in [-0.15, -0.1) is 0 Å². The molecule has 1 aliphatic heterocycles. The fourth-order valence-corrected chi connectivity index (χ4v) is 2.81. The molecule has 1 saturated heterocycles. The van der Waals surface area contributed by atoms with Crippen molar-refractivity contribution in [3.8, 4) is 0 Å². The number of nitrogens with two attached hydrogens (primary N) is 1. The predicted molar refractivity (Wildman–Crippen MR) is 77.3 cm³/mol. The van der Waals surface area contributed by atoms with Crippen LogP contribution in [0.5, 0.6) is 0 Å². The summed E-state index contributed by atoms with van der Waals surface area (Å²) in [6, 6.07) is 1.32. The Bertz CT molecular complexity index is 494. The van der Waals surface area contributed by atoms with Gasteiger partial charge in [-0.25, -0.2) is 0 Å². The molecule has 1 aromatic rings. The Morgan fingerprint density at radius 1 is 1.24 bits per heavy atom. The normalized spacial score (nSPS) is 24.2. The highest BCUT2D eigenvalue weighted by atomic mass is 19.4. The van der Waals surface area contributed by atoms with E-state index in [0.29, 0.717) is 6.54 Å². The lowest BCUT2D eigenvalue weighted by molar-refractivity contribution is -0.177. The predicted octanol–water partition coefficient (Wildman–Crippen LogP) is 3.10. The average molecular weight is 301 g/mol. The molecule has 1 aromatic heterocycles. The van der Waals surface area contributed by atoms with E-state index in [1.165, 1.54) is 0 Å². The summed E-state index contributed by atoms with van der Waals surface area (Å²) in [6.45, 7) is 6.49. The van der Waals surface area contributed by atoms with Gasteiger partial charge >= 0.3 is 6.18 Å². The summed E-state index contributed by atoms with van der Waals surface area (Å²) in [4.78, 5) is 5.87. The van der Waals surface area contributed by atoms with Gasteiger partial charge in [-0.2, -0.15) is 13.2 Å². The molecule has 6 heteroatoms. The second-order valence-electron chi connectivity index (χ2n) is 6.78. The number of hydrogen-bond donors (Lipinski definition) is 1. The third kappa shape index (κ3) is 3.67. The van der Waals surface area contributed by atoms with Crippen molar-refractivity contribution in [2.45, 2.75) is 44.8 Å². The van der Waals surface area contributed by atoms with E-state index in [0.717, 1.165) is 11.3 Å². The van der Waals surface area contributed by atoms with Crippen molar-refractivity contribution in [3.63, 3.8) is 0 Å². The lowest BCUT2D eigenvalue weighted by atomic mass is 9.85. The van der Waals surface area contributed by atoms with Gasteiger partial charge in [0.1, 0.15) is 0 Å². The van der Waals surface area contributed by atoms with Crippen LogP contribution < -0.4 is 10.6 Å². The Kier molecular flexibility index (Phi) is 4.19. The number of rotatable bonds is 1. The van der Waals surface area contributed by atoms with Crippen molar-refractivity contribution in [3.05, 3.63) is 24.0 Å². The smallest absolute Gasteiger partial charge is 0.369 e. The van der Waals surface area contributed by atoms with Crippen molar-refractivity contribution < 1.29 is 13.2 Å². The van der Waals surface area contributed by atoms with Crippen molar-refractivity contribution >= 4 is 5.69 Å². The summed E-state index contributed by atoms with van der Waals surface area (Å²) in [7, 11) is 0. The molecule has 0 aromatic carbocycles. The maximum Gasteiger partial charge on any atom is 0.393 e. The highest BCUT2D eigenvalue weighted by Gasteiger charge is 2.44. The summed E-state index contributed by atoms with van der Waals surface area (Å²) in [6.07, 6.45) is -0.855. The Morgan fingerprint density at radius 3 is 2.48 bits per heavy atom. The summed E-state index contributed by atoms with van der Waals surface area (Å²) in [5.41, 5.74) is 7.42. The number of piperidine rings is 1. The third-order valence-corrected chi connectivity index (χ3v) is 3.89. The molecule has 0 radical (unpaired) electrons. The summed E-state index contributed by atoms with van der Waals surface area (Å²) in [5, 5.41) is 0. The SMILES string of the molecule is CC(C)(C)c1cnccc1N1C[C@@H](N)C[C@@H](C(F)(F)F)C1. The van der Waals surface area contributed by atoms with Crippen molar-refractivity contribution in [1.82, 2.24) is 4.98 Å². The lowest BCUT2D eigenvalue weighted by Crippen LogP contribution is -2.51. The van der Waals surface area contributed by atoms with Gasteiger partial charge in [0.25, 0.3) is 0 Å². The van der Waals surface area contributed by atoms with Gasteiger partial charge in [0, 0.05) is 37.2 Å². The second kappa shape index (κ2) is 5.48. The van der Waals surface area contributed by atoms with Crippen LogP contribution in [0, 0.1) is 5.92 Å². The maximum atomic E-state index is 13.0. The lowest BCUT2D eigenvalue weighted by Gasteiger charge is -2.40. The van der Waals surface area contributed by atoms with Gasteiger partial charge in [-0.1, -0.05) is 20.8 Å². The van der Waals surface area contributed by atoms with E-state index in [1.54, 1.807) is 23.4 Å². The van der Waals surface area contributed by atoms with E-state index >= 15 is 0 Å². The van der Waals surface area contributed by atoms with E-state index in [2.05, 4.69) is 4.98 Å². The van der Waals surface area contributed by atoms with Crippen LogP contribution in [-0.2, 0) is 5.41 Å². The fraction of sp³-hybridized carbons (Fsp3) is 0.667. The molecule has 0 aliphatic carbocycles. The first-order chi connectivity index (χ1) is 9.59. The van der Waals surface area contributed by atoms with E-state index in [4.69, 9.17) is 5.73 Å². The van der Waals surface area contributed by atoms with Crippen molar-refractivity contribution in [1.29, 1.82) is 0 Å². The summed E-state index contributed by atoms with van der Waals surface area (Å²) >= 11 is 0. The summed E-state index contributed by atoms with van der Waals surface area (Å²) < 4.78 is 39.1. The molecular weight excluding hydrogens is 279 g/mol. The molecule has 0 saturated carbocycles. The van der Waals surface area contributed by atoms with Gasteiger partial charge in [-0.3, -0.25) is 4.98 Å². The van der Waals surface area contributed by atoms with Gasteiger partial charge < -0.3 is 10.6 Å². The van der Waals surface area contributed by atoms with Crippen LogP contribution in [0.4, 0.5) is 18.9 Å². The van der Waals surface area contributed by atoms with E-state index in [-0.39, 0.29) is 18.4 Å². The number of halogens is 3. The minimum absolute atomic E-state index is 0.00403. The van der Waals surface area contributed by atoms with Crippen molar-refractivity contribution in [2.24, 2.45) is 11.7 Å². The second-order valence-corrected chi connectivity index (χ2v) is 6.78. The van der Waals surface area contributed by atoms with E-state index in [1.807, 2.05) is 20.8 Å². The van der Waals surface area contributed by atoms with Crippen LogP contribution in [0.2, 0.25) is 0 Å². The first-order valence-electron chi connectivity index (χ1n) is 7.11. The number of hydrogen-bond acceptors (Lipinski definition) is 3. The molecule has 2 N–H and O–H groups in total. The quantitative estimate of drug-likeness (QED) is 0.866. The van der Waals surface area contributed by atoms with Crippen LogP contribution in [0.15, 0.2) is 18.5 Å². The Hall–Kier alpha value is -1.30. The molecule has 0 spiro atoms. The molecule has 3 nitrogen and oxygen atoms in total. The van der Waals surface area contributed by atoms with Gasteiger partial charge in [-0.05, 0) is 23.5 Å². The number of anilines is 1. The van der Waals surface area contributed by atoms with Gasteiger partial charge in [0.2, 0.25) is 0 Å². The van der Waals surface area contributed by atoms with Crippen molar-refractivity contribution in [2.75, 3.05) is 18.0 Å². The van der Waals surface area contributed by atoms with E-state index in [9.17, 15) is 13.2 Å². The van der Waals surface area contributed by atoms with Gasteiger partial charge in [0.15, 0.2) is 0 Å². The molecular formula is C15H22F3N3. The zero-order valence-corrected chi connectivity index (χ0v) is 12.6. The largest absolute Gasteiger partial charge is 0.393 e. The Labute approximate surface area is 123 Å². The van der Waals surface area contributed by atoms with Crippen LogP contribution in [0.25, 0.3) is 0 Å². The molecule has 2 atom stereocenters. The van der Waals surface area contributed by atoms with E-state index < -0.39 is 18.1 Å². The maximum absolute atomic E-state index is 13.0. The van der Waals surface area contributed by atoms with Crippen LogP contribution in [0.1, 0.15) is 32.8 Å².